The number of aromatic nitrogens is 2. The molecule has 17 heavy (non-hydrogen) atoms. The highest BCUT2D eigenvalue weighted by atomic mass is 16.5. The number of anilines is 1. The highest BCUT2D eigenvalue weighted by Gasteiger charge is 2.11. The maximum atomic E-state index is 5.72. The quantitative estimate of drug-likeness (QED) is 0.693. The molecule has 4 heteroatoms. The second-order valence-corrected chi connectivity index (χ2v) is 4.48. The van der Waals surface area contributed by atoms with Crippen molar-refractivity contribution in [1.82, 2.24) is 10.1 Å². The summed E-state index contributed by atoms with van der Waals surface area (Å²) >= 11 is 0. The van der Waals surface area contributed by atoms with Crippen LogP contribution in [0.15, 0.2) is 28.8 Å². The molecule has 86 valence electrons. The number of pyridine rings is 1. The molecule has 2 aromatic heterocycles. The minimum absolute atomic E-state index is 0.393. The van der Waals surface area contributed by atoms with Crippen LogP contribution in [0, 0.1) is 0 Å². The first kappa shape index (κ1) is 10.1. The minimum Gasteiger partial charge on any atom is -0.380 e. The summed E-state index contributed by atoms with van der Waals surface area (Å²) in [7, 11) is 0. The van der Waals surface area contributed by atoms with Crippen LogP contribution < -0.4 is 5.73 Å². The van der Waals surface area contributed by atoms with Crippen molar-refractivity contribution in [3.05, 3.63) is 29.8 Å². The fraction of sp³-hybridized carbons (Fsp3) is 0.231. The lowest BCUT2D eigenvalue weighted by atomic mass is 9.99. The number of hydrogen-bond acceptors (Lipinski definition) is 4. The van der Waals surface area contributed by atoms with E-state index >= 15 is 0 Å². The van der Waals surface area contributed by atoms with Crippen molar-refractivity contribution >= 4 is 27.8 Å². The van der Waals surface area contributed by atoms with E-state index in [0.717, 1.165) is 16.3 Å². The lowest BCUT2D eigenvalue weighted by molar-refractivity contribution is 0.453. The predicted molar refractivity (Wildman–Crippen MR) is 67.8 cm³/mol. The molecule has 0 amide bonds. The van der Waals surface area contributed by atoms with Crippen molar-refractivity contribution in [2.24, 2.45) is 0 Å². The SMILES string of the molecule is CC(C)c1cccc2cc3c(N)noc3nc12. The summed E-state index contributed by atoms with van der Waals surface area (Å²) in [6, 6.07) is 8.13. The number of nitrogens with zero attached hydrogens (tertiary/aromatic N) is 2. The van der Waals surface area contributed by atoms with Crippen LogP contribution in [-0.2, 0) is 0 Å². The van der Waals surface area contributed by atoms with Crippen molar-refractivity contribution in [1.29, 1.82) is 0 Å². The number of hydrogen-bond donors (Lipinski definition) is 1. The molecule has 0 saturated carbocycles. The molecule has 0 fully saturated rings. The van der Waals surface area contributed by atoms with Gasteiger partial charge in [0, 0.05) is 5.39 Å². The first-order chi connectivity index (χ1) is 8.16. The lowest BCUT2D eigenvalue weighted by Gasteiger charge is -2.08. The van der Waals surface area contributed by atoms with Gasteiger partial charge < -0.3 is 10.3 Å². The van der Waals surface area contributed by atoms with Gasteiger partial charge in [0.15, 0.2) is 5.82 Å². The Bertz CT molecular complexity index is 700. The van der Waals surface area contributed by atoms with Crippen LogP contribution in [0.4, 0.5) is 5.82 Å². The third-order valence-corrected chi connectivity index (χ3v) is 2.97. The van der Waals surface area contributed by atoms with Crippen LogP contribution in [-0.4, -0.2) is 10.1 Å². The van der Waals surface area contributed by atoms with E-state index in [-0.39, 0.29) is 0 Å². The van der Waals surface area contributed by atoms with E-state index < -0.39 is 0 Å². The molecule has 2 heterocycles. The largest absolute Gasteiger partial charge is 0.380 e. The summed E-state index contributed by atoms with van der Waals surface area (Å²) in [6.07, 6.45) is 0. The van der Waals surface area contributed by atoms with Gasteiger partial charge in [-0.3, -0.25) is 0 Å². The second-order valence-electron chi connectivity index (χ2n) is 4.48. The zero-order chi connectivity index (χ0) is 12.0. The Kier molecular flexibility index (Phi) is 2.04. The summed E-state index contributed by atoms with van der Waals surface area (Å²) in [5.41, 5.74) is 8.39. The summed E-state index contributed by atoms with van der Waals surface area (Å²) < 4.78 is 5.11. The Labute approximate surface area is 98.4 Å². The van der Waals surface area contributed by atoms with Gasteiger partial charge in [-0.1, -0.05) is 37.2 Å². The normalized spacial score (nSPS) is 11.7. The molecule has 0 spiro atoms. The van der Waals surface area contributed by atoms with Gasteiger partial charge in [0.1, 0.15) is 0 Å². The van der Waals surface area contributed by atoms with Crippen LogP contribution in [0.1, 0.15) is 25.3 Å². The van der Waals surface area contributed by atoms with E-state index in [1.54, 1.807) is 0 Å². The third-order valence-electron chi connectivity index (χ3n) is 2.97. The standard InChI is InChI=1S/C13H13N3O/c1-7(2)9-5-3-4-8-6-10-12(14)16-17-13(10)15-11(8)9/h3-7H,1-2H3,(H2,14,16). The average Bonchev–Trinajstić information content (AvgIpc) is 2.67. The monoisotopic (exact) mass is 227 g/mol. The second kappa shape index (κ2) is 3.45. The minimum atomic E-state index is 0.393. The Morgan fingerprint density at radius 3 is 2.88 bits per heavy atom. The molecule has 3 rings (SSSR count). The van der Waals surface area contributed by atoms with E-state index in [4.69, 9.17) is 10.3 Å². The van der Waals surface area contributed by atoms with E-state index in [9.17, 15) is 0 Å². The van der Waals surface area contributed by atoms with Crippen LogP contribution >= 0.6 is 0 Å². The first-order valence-electron chi connectivity index (χ1n) is 5.61. The maximum Gasteiger partial charge on any atom is 0.260 e. The molecule has 0 saturated heterocycles. The maximum absolute atomic E-state index is 5.72. The zero-order valence-electron chi connectivity index (χ0n) is 9.77. The Morgan fingerprint density at radius 2 is 2.12 bits per heavy atom. The number of fused-ring (bicyclic) bond motifs is 2. The fourth-order valence-electron chi connectivity index (χ4n) is 2.07. The van der Waals surface area contributed by atoms with Crippen molar-refractivity contribution in [2.45, 2.75) is 19.8 Å². The van der Waals surface area contributed by atoms with Crippen LogP contribution in [0.3, 0.4) is 0 Å². The van der Waals surface area contributed by atoms with Gasteiger partial charge in [-0.15, -0.1) is 0 Å². The summed E-state index contributed by atoms with van der Waals surface area (Å²) in [5, 5.41) is 5.58. The smallest absolute Gasteiger partial charge is 0.260 e. The zero-order valence-corrected chi connectivity index (χ0v) is 9.77. The lowest BCUT2D eigenvalue weighted by Crippen LogP contribution is -1.92. The predicted octanol–water partition coefficient (Wildman–Crippen LogP) is 3.08. The molecule has 0 atom stereocenters. The molecule has 4 nitrogen and oxygen atoms in total. The van der Waals surface area contributed by atoms with Gasteiger partial charge in [-0.05, 0) is 17.5 Å². The molecule has 0 unspecified atom stereocenters. The van der Waals surface area contributed by atoms with Crippen LogP contribution in [0.25, 0.3) is 22.0 Å². The van der Waals surface area contributed by atoms with E-state index in [1.807, 2.05) is 18.2 Å². The summed E-state index contributed by atoms with van der Waals surface area (Å²) in [6.45, 7) is 4.30. The summed E-state index contributed by atoms with van der Waals surface area (Å²) in [5.74, 6) is 0.813. The van der Waals surface area contributed by atoms with Crippen molar-refractivity contribution < 1.29 is 4.52 Å². The third kappa shape index (κ3) is 1.45. The van der Waals surface area contributed by atoms with Crippen molar-refractivity contribution in [3.8, 4) is 0 Å². The fourth-order valence-corrected chi connectivity index (χ4v) is 2.07. The molecule has 2 N–H and O–H groups in total. The number of nitrogen functional groups attached to an aromatic ring is 1. The molecule has 0 aliphatic heterocycles. The molecule has 0 aliphatic carbocycles. The molecule has 0 aliphatic rings. The van der Waals surface area contributed by atoms with Crippen LogP contribution in [0.5, 0.6) is 0 Å². The highest BCUT2D eigenvalue weighted by Crippen LogP contribution is 2.28. The Hall–Kier alpha value is -2.10. The summed E-state index contributed by atoms with van der Waals surface area (Å²) in [4.78, 5) is 4.51. The van der Waals surface area contributed by atoms with E-state index in [0.29, 0.717) is 17.4 Å². The number of para-hydroxylation sites is 1. The van der Waals surface area contributed by atoms with Gasteiger partial charge in [0.05, 0.1) is 10.9 Å². The highest BCUT2D eigenvalue weighted by molar-refractivity contribution is 5.96. The Balaban J connectivity index is 2.44. The van der Waals surface area contributed by atoms with E-state index in [2.05, 4.69) is 30.1 Å². The van der Waals surface area contributed by atoms with Crippen molar-refractivity contribution in [2.75, 3.05) is 5.73 Å². The van der Waals surface area contributed by atoms with Gasteiger partial charge in [0.2, 0.25) is 0 Å². The van der Waals surface area contributed by atoms with Crippen LogP contribution in [0.2, 0.25) is 0 Å². The number of nitrogens with two attached hydrogens (primary N) is 1. The molecule has 1 aromatic carbocycles. The van der Waals surface area contributed by atoms with Crippen molar-refractivity contribution in [3.63, 3.8) is 0 Å². The number of rotatable bonds is 1. The number of benzene rings is 1. The molecule has 0 radical (unpaired) electrons. The first-order valence-corrected chi connectivity index (χ1v) is 5.61. The molecule has 3 aromatic rings. The molecule has 0 bridgehead atoms. The Morgan fingerprint density at radius 1 is 1.29 bits per heavy atom. The topological polar surface area (TPSA) is 64.9 Å². The van der Waals surface area contributed by atoms with Gasteiger partial charge >= 0.3 is 0 Å². The molecular formula is C13H13N3O. The molecular weight excluding hydrogens is 214 g/mol. The van der Waals surface area contributed by atoms with Gasteiger partial charge in [0.25, 0.3) is 5.71 Å². The average molecular weight is 227 g/mol. The van der Waals surface area contributed by atoms with E-state index in [1.165, 1.54) is 5.56 Å². The van der Waals surface area contributed by atoms with Gasteiger partial charge in [-0.25, -0.2) is 4.98 Å². The van der Waals surface area contributed by atoms with Gasteiger partial charge in [-0.2, -0.15) is 0 Å².